The highest BCUT2D eigenvalue weighted by Crippen LogP contribution is 2.27. The van der Waals surface area contributed by atoms with Gasteiger partial charge in [-0.3, -0.25) is 9.36 Å². The Morgan fingerprint density at radius 3 is 2.59 bits per heavy atom. The Bertz CT molecular complexity index is 868. The summed E-state index contributed by atoms with van der Waals surface area (Å²) in [6.45, 7) is 1.73. The first-order valence-electron chi connectivity index (χ1n) is 6.63. The number of aryl methyl sites for hydroxylation is 1. The van der Waals surface area contributed by atoms with Crippen molar-refractivity contribution in [2.45, 2.75) is 11.8 Å². The van der Waals surface area contributed by atoms with E-state index in [9.17, 15) is 14.3 Å². The number of phenols is 1. The van der Waals surface area contributed by atoms with Crippen LogP contribution in [0.15, 0.2) is 41.3 Å². The van der Waals surface area contributed by atoms with Crippen LogP contribution in [0.1, 0.15) is 16.1 Å². The molecule has 2 aromatic carbocycles. The lowest BCUT2D eigenvalue weighted by atomic mass is 10.2. The molecule has 3 rings (SSSR count). The minimum atomic E-state index is -0.759. The molecule has 5 heteroatoms. The van der Waals surface area contributed by atoms with Crippen LogP contribution in [0.3, 0.4) is 0 Å². The molecule has 1 heterocycles. The molecule has 1 N–H and O–H groups in total. The van der Waals surface area contributed by atoms with E-state index in [4.69, 9.17) is 0 Å². The van der Waals surface area contributed by atoms with Crippen LogP contribution < -0.4 is 0 Å². The Balaban J connectivity index is 2.13. The maximum atomic E-state index is 13.6. The highest BCUT2D eigenvalue weighted by molar-refractivity contribution is 7.98. The van der Waals surface area contributed by atoms with E-state index in [-0.39, 0.29) is 5.91 Å². The van der Waals surface area contributed by atoms with Gasteiger partial charge in [0.2, 0.25) is 0 Å². The van der Waals surface area contributed by atoms with E-state index in [1.807, 2.05) is 18.4 Å². The zero-order valence-electron chi connectivity index (χ0n) is 12.1. The Morgan fingerprint density at radius 2 is 1.95 bits per heavy atom. The number of fused-ring (bicyclic) bond motifs is 1. The molecule has 3 nitrogen and oxygen atoms in total. The summed E-state index contributed by atoms with van der Waals surface area (Å²) in [4.78, 5) is 13.8. The van der Waals surface area contributed by atoms with Gasteiger partial charge in [-0.05, 0) is 43.5 Å². The lowest BCUT2D eigenvalue weighted by Crippen LogP contribution is -2.13. The molecule has 22 heavy (non-hydrogen) atoms. The summed E-state index contributed by atoms with van der Waals surface area (Å²) in [5, 5.41) is 9.94. The van der Waals surface area contributed by atoms with Crippen LogP contribution in [-0.4, -0.2) is 21.8 Å². The summed E-state index contributed by atoms with van der Waals surface area (Å²) in [7, 11) is 0. The van der Waals surface area contributed by atoms with Gasteiger partial charge in [-0.1, -0.05) is 0 Å². The zero-order valence-corrected chi connectivity index (χ0v) is 12.9. The number of benzene rings is 2. The number of carbonyl (C=O) groups is 1. The Labute approximate surface area is 131 Å². The van der Waals surface area contributed by atoms with Crippen LogP contribution in [0.2, 0.25) is 0 Å². The summed E-state index contributed by atoms with van der Waals surface area (Å²) in [5.41, 5.74) is 1.48. The monoisotopic (exact) mass is 314 g/mol. The fourth-order valence-corrected chi connectivity index (χ4v) is 2.80. The highest BCUT2D eigenvalue weighted by Gasteiger charge is 2.17. The first-order chi connectivity index (χ1) is 10.5. The number of phenolic OH excluding ortho intramolecular Hbond substituents is 1. The van der Waals surface area contributed by atoms with Gasteiger partial charge < -0.3 is 5.11 Å². The second-order valence-electron chi connectivity index (χ2n) is 4.90. The molecular weight excluding hydrogens is 301 g/mol. The molecule has 1 aromatic heterocycles. The topological polar surface area (TPSA) is 42.2 Å². The van der Waals surface area contributed by atoms with E-state index < -0.39 is 11.6 Å². The van der Waals surface area contributed by atoms with Gasteiger partial charge in [0.15, 0.2) is 11.6 Å². The number of aromatic nitrogens is 1. The molecule has 0 fully saturated rings. The molecule has 0 aliphatic heterocycles. The van der Waals surface area contributed by atoms with E-state index in [1.54, 1.807) is 30.8 Å². The van der Waals surface area contributed by atoms with Gasteiger partial charge in [0.05, 0.1) is 5.52 Å². The van der Waals surface area contributed by atoms with Crippen molar-refractivity contribution in [1.29, 1.82) is 0 Å². The third kappa shape index (κ3) is 2.37. The first kappa shape index (κ1) is 14.7. The van der Waals surface area contributed by atoms with Crippen molar-refractivity contribution in [3.63, 3.8) is 0 Å². The van der Waals surface area contributed by atoms with Gasteiger partial charge in [-0.15, -0.1) is 11.8 Å². The molecule has 1 radical (unpaired) electrons. The van der Waals surface area contributed by atoms with Crippen LogP contribution >= 0.6 is 11.8 Å². The summed E-state index contributed by atoms with van der Waals surface area (Å²) in [6.07, 6.45) is 1.96. The largest absolute Gasteiger partial charge is 0.505 e. The smallest absolute Gasteiger partial charge is 0.262 e. The summed E-state index contributed by atoms with van der Waals surface area (Å²) in [6, 6.07) is 12.6. The third-order valence-corrected chi connectivity index (χ3v) is 4.24. The second kappa shape index (κ2) is 5.50. The maximum Gasteiger partial charge on any atom is 0.262 e. The molecule has 0 unspecified atom stereocenters. The Hall–Kier alpha value is -2.27. The number of nitrogens with zero attached hydrogens (tertiary/aromatic N) is 1. The average molecular weight is 314 g/mol. The van der Waals surface area contributed by atoms with E-state index in [1.165, 1.54) is 10.6 Å². The molecule has 0 aliphatic carbocycles. The van der Waals surface area contributed by atoms with Crippen LogP contribution in [0.25, 0.3) is 10.9 Å². The fourth-order valence-electron chi connectivity index (χ4n) is 2.39. The second-order valence-corrected chi connectivity index (χ2v) is 5.78. The third-order valence-electron chi connectivity index (χ3n) is 3.50. The van der Waals surface area contributed by atoms with E-state index in [0.29, 0.717) is 22.2 Å². The molecule has 111 valence electrons. The normalized spacial score (nSPS) is 11.0. The highest BCUT2D eigenvalue weighted by atomic mass is 32.2. The van der Waals surface area contributed by atoms with Crippen molar-refractivity contribution >= 4 is 28.6 Å². The van der Waals surface area contributed by atoms with Gasteiger partial charge in [-0.25, -0.2) is 4.39 Å². The van der Waals surface area contributed by atoms with Gasteiger partial charge in [0.1, 0.15) is 0 Å². The predicted molar refractivity (Wildman–Crippen MR) is 85.1 cm³/mol. The minimum absolute atomic E-state index is 0.249. The summed E-state index contributed by atoms with van der Waals surface area (Å²) < 4.78 is 15.0. The quantitative estimate of drug-likeness (QED) is 0.727. The zero-order chi connectivity index (χ0) is 15.9. The Morgan fingerprint density at radius 1 is 1.27 bits per heavy atom. The fraction of sp³-hybridized carbons (Fsp3) is 0.118. The van der Waals surface area contributed by atoms with Gasteiger partial charge >= 0.3 is 0 Å². The van der Waals surface area contributed by atoms with Crippen LogP contribution in [-0.2, 0) is 0 Å². The predicted octanol–water partition coefficient (Wildman–Crippen LogP) is 4.01. The van der Waals surface area contributed by atoms with Crippen molar-refractivity contribution in [3.8, 4) is 5.75 Å². The first-order valence-corrected chi connectivity index (χ1v) is 7.85. The van der Waals surface area contributed by atoms with Crippen molar-refractivity contribution in [3.05, 3.63) is 59.5 Å². The molecule has 0 atom stereocenters. The number of hydrogen-bond acceptors (Lipinski definition) is 3. The molecule has 3 aromatic rings. The number of carbonyl (C=O) groups excluding carboxylic acids is 1. The molecule has 0 spiro atoms. The van der Waals surface area contributed by atoms with E-state index in [2.05, 4.69) is 6.07 Å². The number of halogens is 1. The summed E-state index contributed by atoms with van der Waals surface area (Å²) in [5.74, 6) is -1.45. The molecule has 0 amide bonds. The number of hydrogen-bond donors (Lipinski definition) is 1. The SMILES string of the molecule is CSc1ccc(C(=O)n2c(C)[c]c3cc(O)c(F)cc32)cc1. The van der Waals surface area contributed by atoms with Crippen molar-refractivity contribution < 1.29 is 14.3 Å². The van der Waals surface area contributed by atoms with Crippen LogP contribution in [0.4, 0.5) is 4.39 Å². The molecule has 0 saturated heterocycles. The number of aromatic hydroxyl groups is 1. The van der Waals surface area contributed by atoms with Gasteiger partial charge in [0.25, 0.3) is 5.91 Å². The lowest BCUT2D eigenvalue weighted by molar-refractivity contribution is 0.0963. The van der Waals surface area contributed by atoms with Crippen LogP contribution in [0, 0.1) is 18.8 Å². The Kier molecular flexibility index (Phi) is 3.66. The van der Waals surface area contributed by atoms with E-state index >= 15 is 0 Å². The standard InChI is InChI=1S/C17H13FNO2S/c1-10-7-12-8-16(20)14(18)9-15(12)19(10)17(21)11-3-5-13(22-2)6-4-11/h3-6,8-9,20H,1-2H3. The number of thioether (sulfide) groups is 1. The lowest BCUT2D eigenvalue weighted by Gasteiger charge is -2.08. The molecule has 0 saturated carbocycles. The van der Waals surface area contributed by atoms with Crippen molar-refractivity contribution in [2.75, 3.05) is 6.26 Å². The van der Waals surface area contributed by atoms with Crippen LogP contribution in [0.5, 0.6) is 5.75 Å². The van der Waals surface area contributed by atoms with Gasteiger partial charge in [-0.2, -0.15) is 0 Å². The van der Waals surface area contributed by atoms with Gasteiger partial charge in [0, 0.05) is 33.7 Å². The van der Waals surface area contributed by atoms with E-state index in [0.717, 1.165) is 11.0 Å². The van der Waals surface area contributed by atoms with Crippen molar-refractivity contribution in [2.24, 2.45) is 0 Å². The molecule has 0 bridgehead atoms. The average Bonchev–Trinajstić information content (AvgIpc) is 2.82. The maximum absolute atomic E-state index is 13.6. The molecule has 0 aliphatic rings. The summed E-state index contributed by atoms with van der Waals surface area (Å²) >= 11 is 1.59. The minimum Gasteiger partial charge on any atom is -0.505 e. The van der Waals surface area contributed by atoms with Crippen molar-refractivity contribution in [1.82, 2.24) is 4.57 Å². The number of rotatable bonds is 2. The molecular formula is C17H13FNO2S.